The second-order valence-electron chi connectivity index (χ2n) is 6.15. The summed E-state index contributed by atoms with van der Waals surface area (Å²) >= 11 is 0. The Morgan fingerprint density at radius 2 is 1.88 bits per heavy atom. The normalized spacial score (nSPS) is 11.8. The van der Waals surface area contributed by atoms with Gasteiger partial charge in [0, 0.05) is 18.4 Å². The summed E-state index contributed by atoms with van der Waals surface area (Å²) in [7, 11) is 0. The molecule has 0 radical (unpaired) electrons. The van der Waals surface area contributed by atoms with Crippen molar-refractivity contribution in [2.75, 3.05) is 31.7 Å². The first-order valence-electron chi connectivity index (χ1n) is 8.87. The molecule has 0 saturated carbocycles. The molecule has 0 bridgehead atoms. The minimum Gasteiger partial charge on any atom is -0.491 e. The van der Waals surface area contributed by atoms with Crippen LogP contribution in [0, 0.1) is 13.8 Å². The van der Waals surface area contributed by atoms with E-state index in [1.807, 2.05) is 31.2 Å². The zero-order chi connectivity index (χ0) is 18.1. The van der Waals surface area contributed by atoms with Crippen LogP contribution in [0.3, 0.4) is 0 Å². The van der Waals surface area contributed by atoms with Crippen molar-refractivity contribution in [3.63, 3.8) is 0 Å². The molecule has 2 rings (SSSR count). The number of ether oxygens (including phenoxy) is 3. The molecular formula is C21H29NO3. The number of aryl methyl sites for hydroxylation is 2. The first-order chi connectivity index (χ1) is 12.1. The van der Waals surface area contributed by atoms with Gasteiger partial charge in [-0.15, -0.1) is 0 Å². The maximum absolute atomic E-state index is 6.06. The Morgan fingerprint density at radius 1 is 1.04 bits per heavy atom. The van der Waals surface area contributed by atoms with Crippen LogP contribution in [0.1, 0.15) is 25.0 Å². The highest BCUT2D eigenvalue weighted by Gasteiger charge is 2.07. The maximum Gasteiger partial charge on any atom is 0.122 e. The molecule has 0 fully saturated rings. The van der Waals surface area contributed by atoms with E-state index in [0.717, 1.165) is 29.3 Å². The molecule has 25 heavy (non-hydrogen) atoms. The number of hydrogen-bond donors (Lipinski definition) is 1. The van der Waals surface area contributed by atoms with Crippen molar-refractivity contribution in [3.05, 3.63) is 53.6 Å². The maximum atomic E-state index is 6.06. The zero-order valence-electron chi connectivity index (χ0n) is 15.7. The first kappa shape index (κ1) is 19.1. The summed E-state index contributed by atoms with van der Waals surface area (Å²) in [5.41, 5.74) is 3.38. The second-order valence-corrected chi connectivity index (χ2v) is 6.15. The monoisotopic (exact) mass is 343 g/mol. The van der Waals surface area contributed by atoms with Crippen LogP contribution in [0.25, 0.3) is 0 Å². The van der Waals surface area contributed by atoms with Gasteiger partial charge in [0.15, 0.2) is 0 Å². The van der Waals surface area contributed by atoms with Crippen LogP contribution < -0.4 is 14.8 Å². The number of benzene rings is 2. The van der Waals surface area contributed by atoms with Gasteiger partial charge in [0.1, 0.15) is 24.2 Å². The number of rotatable bonds is 10. The van der Waals surface area contributed by atoms with Crippen molar-refractivity contribution in [1.29, 1.82) is 0 Å². The fourth-order valence-electron chi connectivity index (χ4n) is 2.41. The van der Waals surface area contributed by atoms with E-state index in [9.17, 15) is 0 Å². The fraction of sp³-hybridized carbons (Fsp3) is 0.429. The van der Waals surface area contributed by atoms with Crippen LogP contribution in [0.4, 0.5) is 5.69 Å². The van der Waals surface area contributed by atoms with E-state index in [-0.39, 0.29) is 6.10 Å². The molecule has 0 saturated heterocycles. The van der Waals surface area contributed by atoms with Gasteiger partial charge in [-0.1, -0.05) is 18.2 Å². The third kappa shape index (κ3) is 6.67. The van der Waals surface area contributed by atoms with E-state index < -0.39 is 0 Å². The molecule has 4 heteroatoms. The van der Waals surface area contributed by atoms with Crippen molar-refractivity contribution in [2.24, 2.45) is 0 Å². The molecule has 0 spiro atoms. The molecule has 0 aromatic heterocycles. The van der Waals surface area contributed by atoms with Crippen molar-refractivity contribution >= 4 is 5.69 Å². The van der Waals surface area contributed by atoms with E-state index in [0.29, 0.717) is 19.8 Å². The van der Waals surface area contributed by atoms with Gasteiger partial charge in [-0.2, -0.15) is 0 Å². The van der Waals surface area contributed by atoms with Crippen molar-refractivity contribution in [3.8, 4) is 11.5 Å². The Labute approximate surface area is 151 Å². The average molecular weight is 343 g/mol. The standard InChI is InChI=1S/C21H29NO3/c1-5-23-11-12-24-20-8-6-7-19(14-20)22-15-18(4)25-21-13-16(2)9-10-17(21)3/h6-10,13-14,18,22H,5,11-12,15H2,1-4H3. The minimum absolute atomic E-state index is 0.0584. The lowest BCUT2D eigenvalue weighted by molar-refractivity contribution is 0.110. The van der Waals surface area contributed by atoms with Crippen molar-refractivity contribution < 1.29 is 14.2 Å². The molecule has 1 unspecified atom stereocenters. The van der Waals surface area contributed by atoms with Crippen LogP contribution >= 0.6 is 0 Å². The van der Waals surface area contributed by atoms with E-state index in [1.54, 1.807) is 0 Å². The largest absolute Gasteiger partial charge is 0.491 e. The molecule has 136 valence electrons. The van der Waals surface area contributed by atoms with Crippen LogP contribution in [-0.2, 0) is 4.74 Å². The van der Waals surface area contributed by atoms with Crippen LogP contribution in [0.15, 0.2) is 42.5 Å². The van der Waals surface area contributed by atoms with E-state index >= 15 is 0 Å². The summed E-state index contributed by atoms with van der Waals surface area (Å²) in [5, 5.41) is 3.40. The predicted molar refractivity (Wildman–Crippen MR) is 103 cm³/mol. The third-order valence-corrected chi connectivity index (χ3v) is 3.80. The summed E-state index contributed by atoms with van der Waals surface area (Å²) in [4.78, 5) is 0. The molecule has 1 atom stereocenters. The van der Waals surface area contributed by atoms with Crippen LogP contribution in [0.5, 0.6) is 11.5 Å². The lowest BCUT2D eigenvalue weighted by atomic mass is 10.1. The molecular weight excluding hydrogens is 314 g/mol. The van der Waals surface area contributed by atoms with Crippen LogP contribution in [-0.4, -0.2) is 32.5 Å². The SMILES string of the molecule is CCOCCOc1cccc(NCC(C)Oc2cc(C)ccc2C)c1. The zero-order valence-corrected chi connectivity index (χ0v) is 15.7. The average Bonchev–Trinajstić information content (AvgIpc) is 2.60. The lowest BCUT2D eigenvalue weighted by Crippen LogP contribution is -2.23. The van der Waals surface area contributed by atoms with Gasteiger partial charge in [0.25, 0.3) is 0 Å². The Bertz CT molecular complexity index is 657. The molecule has 0 aliphatic carbocycles. The molecule has 0 amide bonds. The summed E-state index contributed by atoms with van der Waals surface area (Å²) in [6, 6.07) is 14.2. The summed E-state index contributed by atoms with van der Waals surface area (Å²) < 4.78 is 17.0. The molecule has 0 aliphatic rings. The predicted octanol–water partition coefficient (Wildman–Crippen LogP) is 4.60. The highest BCUT2D eigenvalue weighted by atomic mass is 16.5. The number of anilines is 1. The topological polar surface area (TPSA) is 39.7 Å². The van der Waals surface area contributed by atoms with Gasteiger partial charge in [-0.05, 0) is 57.0 Å². The molecule has 2 aromatic carbocycles. The van der Waals surface area contributed by atoms with Crippen molar-refractivity contribution in [1.82, 2.24) is 0 Å². The summed E-state index contributed by atoms with van der Waals surface area (Å²) in [6.45, 7) is 10.8. The van der Waals surface area contributed by atoms with E-state index in [1.165, 1.54) is 5.56 Å². The lowest BCUT2D eigenvalue weighted by Gasteiger charge is -2.18. The van der Waals surface area contributed by atoms with E-state index in [2.05, 4.69) is 44.3 Å². The molecule has 1 N–H and O–H groups in total. The van der Waals surface area contributed by atoms with Gasteiger partial charge in [-0.3, -0.25) is 0 Å². The molecule has 0 heterocycles. The smallest absolute Gasteiger partial charge is 0.122 e. The third-order valence-electron chi connectivity index (χ3n) is 3.80. The molecule has 4 nitrogen and oxygen atoms in total. The first-order valence-corrected chi connectivity index (χ1v) is 8.87. The van der Waals surface area contributed by atoms with Gasteiger partial charge in [0.2, 0.25) is 0 Å². The Morgan fingerprint density at radius 3 is 2.68 bits per heavy atom. The summed E-state index contributed by atoms with van der Waals surface area (Å²) in [6.07, 6.45) is 0.0584. The quantitative estimate of drug-likeness (QED) is 0.640. The van der Waals surface area contributed by atoms with Gasteiger partial charge >= 0.3 is 0 Å². The minimum atomic E-state index is 0.0584. The number of nitrogens with one attached hydrogen (secondary N) is 1. The second kappa shape index (κ2) is 9.94. The van der Waals surface area contributed by atoms with Crippen molar-refractivity contribution in [2.45, 2.75) is 33.8 Å². The van der Waals surface area contributed by atoms with E-state index in [4.69, 9.17) is 14.2 Å². The summed E-state index contributed by atoms with van der Waals surface area (Å²) in [5.74, 6) is 1.79. The Kier molecular flexibility index (Phi) is 7.61. The molecule has 0 aliphatic heterocycles. The highest BCUT2D eigenvalue weighted by molar-refractivity contribution is 5.48. The Balaban J connectivity index is 1.82. The Hall–Kier alpha value is -2.20. The fourth-order valence-corrected chi connectivity index (χ4v) is 2.41. The van der Waals surface area contributed by atoms with Gasteiger partial charge in [-0.25, -0.2) is 0 Å². The molecule has 2 aromatic rings. The van der Waals surface area contributed by atoms with Gasteiger partial charge < -0.3 is 19.5 Å². The number of hydrogen-bond acceptors (Lipinski definition) is 4. The highest BCUT2D eigenvalue weighted by Crippen LogP contribution is 2.21. The van der Waals surface area contributed by atoms with Gasteiger partial charge in [0.05, 0.1) is 13.2 Å². The van der Waals surface area contributed by atoms with Crippen LogP contribution in [0.2, 0.25) is 0 Å².